The second-order valence-electron chi connectivity index (χ2n) is 3.71. The molecular formula is C9H17N3O2. The number of hydrazine groups is 1. The molecule has 0 aromatic carbocycles. The third-order valence-corrected chi connectivity index (χ3v) is 2.79. The monoisotopic (exact) mass is 199 g/mol. The summed E-state index contributed by atoms with van der Waals surface area (Å²) in [5, 5.41) is 0. The van der Waals surface area contributed by atoms with Gasteiger partial charge in [0, 0.05) is 19.0 Å². The van der Waals surface area contributed by atoms with E-state index >= 15 is 0 Å². The Labute approximate surface area is 83.6 Å². The highest BCUT2D eigenvalue weighted by Crippen LogP contribution is 2.21. The van der Waals surface area contributed by atoms with Crippen molar-refractivity contribution in [3.63, 3.8) is 0 Å². The molecule has 2 atom stereocenters. The van der Waals surface area contributed by atoms with Crippen LogP contribution < -0.4 is 11.3 Å². The molecule has 0 spiro atoms. The van der Waals surface area contributed by atoms with E-state index in [0.29, 0.717) is 6.54 Å². The fraction of sp³-hybridized carbons (Fsp3) is 0.778. The summed E-state index contributed by atoms with van der Waals surface area (Å²) in [6.07, 6.45) is 1.19. The molecule has 1 fully saturated rings. The molecule has 0 aromatic rings. The van der Waals surface area contributed by atoms with Crippen molar-refractivity contribution < 1.29 is 9.59 Å². The van der Waals surface area contributed by atoms with Crippen LogP contribution in [0.4, 0.5) is 0 Å². The van der Waals surface area contributed by atoms with Gasteiger partial charge in [0.2, 0.25) is 11.8 Å². The summed E-state index contributed by atoms with van der Waals surface area (Å²) in [4.78, 5) is 24.5. The summed E-state index contributed by atoms with van der Waals surface area (Å²) in [6, 6.07) is 0.207. The zero-order valence-corrected chi connectivity index (χ0v) is 8.62. The largest absolute Gasteiger partial charge is 0.339 e. The van der Waals surface area contributed by atoms with Crippen LogP contribution in [0.2, 0.25) is 0 Å². The Kier molecular flexibility index (Phi) is 3.46. The highest BCUT2D eigenvalue weighted by Gasteiger charge is 2.35. The Morgan fingerprint density at radius 1 is 1.79 bits per heavy atom. The van der Waals surface area contributed by atoms with E-state index in [2.05, 4.69) is 5.43 Å². The van der Waals surface area contributed by atoms with Crippen molar-refractivity contribution in [1.29, 1.82) is 0 Å². The topological polar surface area (TPSA) is 75.4 Å². The SMILES string of the molecule is CCC(C)N1CC(C(=O)NN)CC1=O. The third kappa shape index (κ3) is 2.04. The number of nitrogens with zero attached hydrogens (tertiary/aromatic N) is 1. The van der Waals surface area contributed by atoms with Gasteiger partial charge in [-0.1, -0.05) is 6.92 Å². The van der Waals surface area contributed by atoms with Crippen LogP contribution in [0.5, 0.6) is 0 Å². The molecule has 5 heteroatoms. The molecule has 5 nitrogen and oxygen atoms in total. The van der Waals surface area contributed by atoms with Gasteiger partial charge >= 0.3 is 0 Å². The molecule has 1 saturated heterocycles. The second-order valence-corrected chi connectivity index (χ2v) is 3.71. The smallest absolute Gasteiger partial charge is 0.239 e. The fourth-order valence-corrected chi connectivity index (χ4v) is 1.67. The highest BCUT2D eigenvalue weighted by atomic mass is 16.2. The van der Waals surface area contributed by atoms with Gasteiger partial charge in [-0.05, 0) is 13.3 Å². The van der Waals surface area contributed by atoms with Crippen LogP contribution in [0, 0.1) is 5.92 Å². The number of likely N-dealkylation sites (tertiary alicyclic amines) is 1. The van der Waals surface area contributed by atoms with Gasteiger partial charge in [0.15, 0.2) is 0 Å². The maximum atomic E-state index is 11.5. The number of hydrogen-bond acceptors (Lipinski definition) is 3. The summed E-state index contributed by atoms with van der Waals surface area (Å²) >= 11 is 0. The van der Waals surface area contributed by atoms with Crippen LogP contribution in [-0.4, -0.2) is 29.3 Å². The minimum absolute atomic E-state index is 0.0490. The zero-order chi connectivity index (χ0) is 10.7. The summed E-state index contributed by atoms with van der Waals surface area (Å²) < 4.78 is 0. The van der Waals surface area contributed by atoms with Crippen LogP contribution in [-0.2, 0) is 9.59 Å². The molecule has 14 heavy (non-hydrogen) atoms. The van der Waals surface area contributed by atoms with Gasteiger partial charge in [0.25, 0.3) is 0 Å². The van der Waals surface area contributed by atoms with E-state index in [0.717, 1.165) is 6.42 Å². The van der Waals surface area contributed by atoms with Crippen LogP contribution in [0.3, 0.4) is 0 Å². The lowest BCUT2D eigenvalue weighted by molar-refractivity contribution is -0.130. The molecule has 1 aliphatic rings. The van der Waals surface area contributed by atoms with E-state index in [1.165, 1.54) is 0 Å². The van der Waals surface area contributed by atoms with Crippen molar-refractivity contribution in [2.24, 2.45) is 11.8 Å². The molecule has 0 bridgehead atoms. The van der Waals surface area contributed by atoms with E-state index in [1.807, 2.05) is 13.8 Å². The highest BCUT2D eigenvalue weighted by molar-refractivity contribution is 5.89. The lowest BCUT2D eigenvalue weighted by Crippen LogP contribution is -2.38. The van der Waals surface area contributed by atoms with E-state index in [9.17, 15) is 9.59 Å². The Balaban J connectivity index is 2.60. The summed E-state index contributed by atoms with van der Waals surface area (Å²) in [7, 11) is 0. The van der Waals surface area contributed by atoms with Crippen LogP contribution in [0.25, 0.3) is 0 Å². The van der Waals surface area contributed by atoms with Gasteiger partial charge < -0.3 is 4.90 Å². The Bertz CT molecular complexity index is 242. The van der Waals surface area contributed by atoms with Crippen molar-refractivity contribution in [2.45, 2.75) is 32.7 Å². The van der Waals surface area contributed by atoms with E-state index in [4.69, 9.17) is 5.84 Å². The Hall–Kier alpha value is -1.10. The summed E-state index contributed by atoms with van der Waals surface area (Å²) in [5.74, 6) is 4.55. The lowest BCUT2D eigenvalue weighted by atomic mass is 10.1. The van der Waals surface area contributed by atoms with Crippen molar-refractivity contribution in [3.8, 4) is 0 Å². The van der Waals surface area contributed by atoms with Gasteiger partial charge in [-0.15, -0.1) is 0 Å². The van der Waals surface area contributed by atoms with Gasteiger partial charge in [0.1, 0.15) is 0 Å². The molecule has 0 aliphatic carbocycles. The lowest BCUT2D eigenvalue weighted by Gasteiger charge is -2.23. The average molecular weight is 199 g/mol. The number of carbonyl (C=O) groups excluding carboxylic acids is 2. The number of carbonyl (C=O) groups is 2. The maximum Gasteiger partial charge on any atom is 0.239 e. The van der Waals surface area contributed by atoms with Gasteiger partial charge in [-0.25, -0.2) is 5.84 Å². The molecule has 1 rings (SSSR count). The predicted molar refractivity (Wildman–Crippen MR) is 51.9 cm³/mol. The van der Waals surface area contributed by atoms with E-state index in [-0.39, 0.29) is 30.2 Å². The summed E-state index contributed by atoms with van der Waals surface area (Å²) in [6.45, 7) is 4.51. The Morgan fingerprint density at radius 3 is 2.93 bits per heavy atom. The molecule has 0 saturated carbocycles. The average Bonchev–Trinajstić information content (AvgIpc) is 2.58. The van der Waals surface area contributed by atoms with E-state index < -0.39 is 0 Å². The van der Waals surface area contributed by atoms with E-state index in [1.54, 1.807) is 4.90 Å². The molecule has 2 unspecified atom stereocenters. The first-order chi connectivity index (χ1) is 6.60. The molecule has 0 aromatic heterocycles. The number of nitrogens with one attached hydrogen (secondary N) is 1. The number of rotatable bonds is 3. The first-order valence-electron chi connectivity index (χ1n) is 4.90. The van der Waals surface area contributed by atoms with Gasteiger partial charge in [-0.3, -0.25) is 15.0 Å². The van der Waals surface area contributed by atoms with Crippen LogP contribution in [0.1, 0.15) is 26.7 Å². The minimum Gasteiger partial charge on any atom is -0.339 e. The molecule has 3 N–H and O–H groups in total. The zero-order valence-electron chi connectivity index (χ0n) is 8.62. The second kappa shape index (κ2) is 4.41. The van der Waals surface area contributed by atoms with Crippen molar-refractivity contribution >= 4 is 11.8 Å². The molecule has 80 valence electrons. The van der Waals surface area contributed by atoms with Crippen molar-refractivity contribution in [3.05, 3.63) is 0 Å². The molecule has 0 radical (unpaired) electrons. The van der Waals surface area contributed by atoms with Crippen molar-refractivity contribution in [1.82, 2.24) is 10.3 Å². The number of amides is 2. The maximum absolute atomic E-state index is 11.5. The molecule has 1 aliphatic heterocycles. The van der Waals surface area contributed by atoms with Gasteiger partial charge in [0.05, 0.1) is 5.92 Å². The number of hydrogen-bond donors (Lipinski definition) is 2. The normalized spacial score (nSPS) is 23.8. The predicted octanol–water partition coefficient (Wildman–Crippen LogP) is -0.377. The molecule has 1 heterocycles. The summed E-state index contributed by atoms with van der Waals surface area (Å²) in [5.41, 5.74) is 2.09. The third-order valence-electron chi connectivity index (χ3n) is 2.79. The standard InChI is InChI=1S/C9H17N3O2/c1-3-6(2)12-5-7(4-8(12)13)9(14)11-10/h6-7H,3-5,10H2,1-2H3,(H,11,14). The first-order valence-corrected chi connectivity index (χ1v) is 4.90. The molecular weight excluding hydrogens is 182 g/mol. The quantitative estimate of drug-likeness (QED) is 0.370. The number of nitrogens with two attached hydrogens (primary N) is 1. The Morgan fingerprint density at radius 2 is 2.43 bits per heavy atom. The van der Waals surface area contributed by atoms with Crippen molar-refractivity contribution in [2.75, 3.05) is 6.54 Å². The van der Waals surface area contributed by atoms with Crippen LogP contribution in [0.15, 0.2) is 0 Å². The van der Waals surface area contributed by atoms with Crippen LogP contribution >= 0.6 is 0 Å². The fourth-order valence-electron chi connectivity index (χ4n) is 1.67. The minimum atomic E-state index is -0.276. The first kappa shape index (κ1) is 11.0. The van der Waals surface area contributed by atoms with Gasteiger partial charge in [-0.2, -0.15) is 0 Å². The molecule has 2 amide bonds.